The van der Waals surface area contributed by atoms with Gasteiger partial charge in [0, 0.05) is 12.1 Å². The minimum absolute atomic E-state index is 0.184. The molecule has 0 radical (unpaired) electrons. The Balaban J connectivity index is 1.54. The summed E-state index contributed by atoms with van der Waals surface area (Å²) in [7, 11) is 0. The molecule has 1 heterocycles. The van der Waals surface area contributed by atoms with Crippen molar-refractivity contribution in [1.29, 1.82) is 0 Å². The van der Waals surface area contributed by atoms with Crippen LogP contribution in [0.2, 0.25) is 0 Å². The zero-order valence-electron chi connectivity index (χ0n) is 13.0. The monoisotopic (exact) mass is 365 g/mol. The van der Waals surface area contributed by atoms with Crippen molar-refractivity contribution in [3.8, 4) is 16.3 Å². The lowest BCUT2D eigenvalue weighted by molar-refractivity contribution is -0.153. The third kappa shape index (κ3) is 5.18. The second-order valence-electron chi connectivity index (χ2n) is 5.18. The fourth-order valence-corrected chi connectivity index (χ4v) is 2.78. The Bertz CT molecular complexity index is 804. The van der Waals surface area contributed by atoms with Crippen molar-refractivity contribution in [1.82, 2.24) is 10.2 Å². The van der Waals surface area contributed by atoms with E-state index in [0.29, 0.717) is 11.7 Å². The molecule has 1 N–H and O–H groups in total. The summed E-state index contributed by atoms with van der Waals surface area (Å²) in [5.74, 6) is 0.184. The number of rotatable bonds is 6. The maximum atomic E-state index is 12.1. The third-order valence-electron chi connectivity index (χ3n) is 3.22. The molecular formula is C17H14F3N3OS. The quantitative estimate of drug-likeness (QED) is 0.684. The summed E-state index contributed by atoms with van der Waals surface area (Å²) >= 11 is 1.44. The number of nitrogens with one attached hydrogen (secondary N) is 1. The molecule has 0 unspecified atom stereocenters. The Hall–Kier alpha value is -2.61. The summed E-state index contributed by atoms with van der Waals surface area (Å²) in [4.78, 5) is 0. The first kappa shape index (κ1) is 17.2. The molecule has 0 saturated carbocycles. The van der Waals surface area contributed by atoms with Crippen LogP contribution in [0.1, 0.15) is 5.56 Å². The lowest BCUT2D eigenvalue weighted by Crippen LogP contribution is -2.19. The van der Waals surface area contributed by atoms with Crippen LogP contribution in [-0.2, 0) is 6.54 Å². The fraction of sp³-hybridized carbons (Fsp3) is 0.176. The Morgan fingerprint density at radius 2 is 1.68 bits per heavy atom. The number of hydrogen-bond acceptors (Lipinski definition) is 5. The molecule has 25 heavy (non-hydrogen) atoms. The van der Waals surface area contributed by atoms with Crippen LogP contribution in [0.5, 0.6) is 5.75 Å². The van der Waals surface area contributed by atoms with Crippen molar-refractivity contribution in [3.05, 3.63) is 60.2 Å². The van der Waals surface area contributed by atoms with Gasteiger partial charge < -0.3 is 10.1 Å². The first-order valence-corrected chi connectivity index (χ1v) is 8.22. The Morgan fingerprint density at radius 3 is 2.36 bits per heavy atom. The third-order valence-corrected chi connectivity index (χ3v) is 4.15. The van der Waals surface area contributed by atoms with Crippen molar-refractivity contribution in [2.24, 2.45) is 0 Å². The summed E-state index contributed by atoms with van der Waals surface area (Å²) in [6, 6.07) is 16.2. The highest BCUT2D eigenvalue weighted by molar-refractivity contribution is 7.18. The molecule has 1 aromatic heterocycles. The van der Waals surface area contributed by atoms with Crippen molar-refractivity contribution >= 4 is 16.5 Å². The van der Waals surface area contributed by atoms with E-state index in [2.05, 4.69) is 20.3 Å². The molecule has 130 valence electrons. The predicted molar refractivity (Wildman–Crippen MR) is 90.7 cm³/mol. The van der Waals surface area contributed by atoms with Crippen molar-refractivity contribution in [2.45, 2.75) is 12.7 Å². The van der Waals surface area contributed by atoms with E-state index in [0.717, 1.165) is 16.1 Å². The predicted octanol–water partition coefficient (Wildman–Crippen LogP) is 4.76. The van der Waals surface area contributed by atoms with Crippen LogP contribution < -0.4 is 10.1 Å². The van der Waals surface area contributed by atoms with Gasteiger partial charge in [0.15, 0.2) is 6.61 Å². The SMILES string of the molecule is FC(F)(F)COc1ccc(CNc2nnc(-c3ccccc3)s2)cc1. The number of benzene rings is 2. The first-order chi connectivity index (χ1) is 12.0. The number of hydrogen-bond donors (Lipinski definition) is 1. The molecule has 0 fully saturated rings. The number of anilines is 1. The van der Waals surface area contributed by atoms with E-state index in [1.165, 1.54) is 23.5 Å². The number of aromatic nitrogens is 2. The molecule has 2 aromatic carbocycles. The summed E-state index contributed by atoms with van der Waals surface area (Å²) in [6.45, 7) is -0.805. The fourth-order valence-electron chi connectivity index (χ4n) is 2.04. The smallest absolute Gasteiger partial charge is 0.422 e. The molecule has 3 aromatic rings. The van der Waals surface area contributed by atoms with Gasteiger partial charge in [0.2, 0.25) is 5.13 Å². The van der Waals surface area contributed by atoms with Gasteiger partial charge in [-0.1, -0.05) is 53.8 Å². The normalized spacial score (nSPS) is 11.3. The molecule has 0 atom stereocenters. The van der Waals surface area contributed by atoms with Crippen molar-refractivity contribution in [2.75, 3.05) is 11.9 Å². The minimum Gasteiger partial charge on any atom is -0.484 e. The summed E-state index contributed by atoms with van der Waals surface area (Å²) in [5, 5.41) is 12.9. The lowest BCUT2D eigenvalue weighted by Gasteiger charge is -2.09. The summed E-state index contributed by atoms with van der Waals surface area (Å²) < 4.78 is 41.0. The maximum absolute atomic E-state index is 12.1. The van der Waals surface area contributed by atoms with E-state index in [1.807, 2.05) is 30.3 Å². The van der Waals surface area contributed by atoms with Gasteiger partial charge in [0.05, 0.1) is 0 Å². The van der Waals surface area contributed by atoms with Crippen LogP contribution >= 0.6 is 11.3 Å². The van der Waals surface area contributed by atoms with E-state index in [4.69, 9.17) is 0 Å². The molecule has 4 nitrogen and oxygen atoms in total. The van der Waals surface area contributed by atoms with Crippen LogP contribution in [0.3, 0.4) is 0 Å². The molecule has 0 bridgehead atoms. The van der Waals surface area contributed by atoms with Gasteiger partial charge in [0.1, 0.15) is 10.8 Å². The highest BCUT2D eigenvalue weighted by Crippen LogP contribution is 2.26. The summed E-state index contributed by atoms with van der Waals surface area (Å²) in [5.41, 5.74) is 1.90. The lowest BCUT2D eigenvalue weighted by atomic mass is 10.2. The molecule has 8 heteroatoms. The van der Waals surface area contributed by atoms with Crippen LogP contribution in [0, 0.1) is 0 Å². The standard InChI is InChI=1S/C17H14F3N3OS/c18-17(19,20)11-24-14-8-6-12(7-9-14)10-21-16-23-22-15(25-16)13-4-2-1-3-5-13/h1-9H,10-11H2,(H,21,23). The van der Waals surface area contributed by atoms with Crippen LogP contribution in [-0.4, -0.2) is 23.0 Å². The molecule has 0 aliphatic rings. The van der Waals surface area contributed by atoms with Gasteiger partial charge in [-0.3, -0.25) is 0 Å². The topological polar surface area (TPSA) is 47.0 Å². The van der Waals surface area contributed by atoms with Crippen LogP contribution in [0.15, 0.2) is 54.6 Å². The molecule has 0 amide bonds. The van der Waals surface area contributed by atoms with Gasteiger partial charge in [-0.2, -0.15) is 13.2 Å². The Kier molecular flexibility index (Phi) is 5.18. The van der Waals surface area contributed by atoms with Gasteiger partial charge in [-0.15, -0.1) is 10.2 Å². The number of halogens is 3. The number of ether oxygens (including phenoxy) is 1. The maximum Gasteiger partial charge on any atom is 0.422 e. The highest BCUT2D eigenvalue weighted by atomic mass is 32.1. The van der Waals surface area contributed by atoms with Gasteiger partial charge in [-0.05, 0) is 17.7 Å². The second-order valence-corrected chi connectivity index (χ2v) is 6.16. The van der Waals surface area contributed by atoms with Crippen LogP contribution in [0.25, 0.3) is 10.6 Å². The van der Waals surface area contributed by atoms with Crippen LogP contribution in [0.4, 0.5) is 18.3 Å². The second kappa shape index (κ2) is 7.52. The van der Waals surface area contributed by atoms with E-state index >= 15 is 0 Å². The van der Waals surface area contributed by atoms with Gasteiger partial charge in [0.25, 0.3) is 0 Å². The zero-order valence-corrected chi connectivity index (χ0v) is 13.8. The Labute approximate surface area is 146 Å². The van der Waals surface area contributed by atoms with Gasteiger partial charge >= 0.3 is 6.18 Å². The van der Waals surface area contributed by atoms with Gasteiger partial charge in [-0.25, -0.2) is 0 Å². The average Bonchev–Trinajstić information content (AvgIpc) is 3.08. The highest BCUT2D eigenvalue weighted by Gasteiger charge is 2.28. The molecule has 0 saturated heterocycles. The number of alkyl halides is 3. The van der Waals surface area contributed by atoms with Crippen molar-refractivity contribution < 1.29 is 17.9 Å². The minimum atomic E-state index is -4.34. The van der Waals surface area contributed by atoms with E-state index < -0.39 is 12.8 Å². The molecule has 0 spiro atoms. The van der Waals surface area contributed by atoms with Crippen molar-refractivity contribution in [3.63, 3.8) is 0 Å². The summed E-state index contributed by atoms with van der Waals surface area (Å²) in [6.07, 6.45) is -4.34. The van der Waals surface area contributed by atoms with E-state index in [1.54, 1.807) is 12.1 Å². The molecular weight excluding hydrogens is 351 g/mol. The molecule has 0 aliphatic carbocycles. The van der Waals surface area contributed by atoms with E-state index in [-0.39, 0.29) is 5.75 Å². The van der Waals surface area contributed by atoms with E-state index in [9.17, 15) is 13.2 Å². The molecule has 3 rings (SSSR count). The first-order valence-electron chi connectivity index (χ1n) is 7.41. The number of nitrogens with zero attached hydrogens (tertiary/aromatic N) is 2. The Morgan fingerprint density at radius 1 is 0.960 bits per heavy atom. The zero-order chi connectivity index (χ0) is 17.7. The molecule has 0 aliphatic heterocycles. The average molecular weight is 365 g/mol. The largest absolute Gasteiger partial charge is 0.484 e.